The van der Waals surface area contributed by atoms with Crippen LogP contribution < -0.4 is 5.73 Å². The van der Waals surface area contributed by atoms with Crippen LogP contribution in [-0.4, -0.2) is 38.7 Å². The largest absolute Gasteiger partial charge is 0.370 e. The fourth-order valence-corrected chi connectivity index (χ4v) is 1.91. The molecule has 106 valence electrons. The van der Waals surface area contributed by atoms with E-state index in [9.17, 15) is 0 Å². The minimum atomic E-state index is 0.541. The topological polar surface area (TPSA) is 72.3 Å². The Morgan fingerprint density at radius 3 is 2.80 bits per heavy atom. The van der Waals surface area contributed by atoms with E-state index in [-0.39, 0.29) is 0 Å². The van der Waals surface area contributed by atoms with Crippen molar-refractivity contribution in [2.45, 2.75) is 20.4 Å². The summed E-state index contributed by atoms with van der Waals surface area (Å²) in [6.45, 7) is 6.39. The SMILES string of the molecule is CCN(CC)C(N)=NCc1ccnc(-n2cccn2)c1. The predicted octanol–water partition coefficient (Wildman–Crippen LogP) is 1.42. The number of aromatic nitrogens is 3. The van der Waals surface area contributed by atoms with Crippen LogP contribution in [0.4, 0.5) is 0 Å². The molecule has 2 rings (SSSR count). The summed E-state index contributed by atoms with van der Waals surface area (Å²) < 4.78 is 1.72. The van der Waals surface area contributed by atoms with Crippen LogP contribution >= 0.6 is 0 Å². The number of pyridine rings is 1. The van der Waals surface area contributed by atoms with Crippen molar-refractivity contribution in [1.29, 1.82) is 0 Å². The highest BCUT2D eigenvalue weighted by molar-refractivity contribution is 5.78. The van der Waals surface area contributed by atoms with Crippen LogP contribution in [0.5, 0.6) is 0 Å². The molecule has 0 unspecified atom stereocenters. The van der Waals surface area contributed by atoms with Gasteiger partial charge in [-0.25, -0.2) is 14.7 Å². The maximum atomic E-state index is 5.96. The molecular formula is C14H20N6. The summed E-state index contributed by atoms with van der Waals surface area (Å²) >= 11 is 0. The van der Waals surface area contributed by atoms with Gasteiger partial charge in [0.25, 0.3) is 0 Å². The summed E-state index contributed by atoms with van der Waals surface area (Å²) in [5, 5.41) is 4.16. The summed E-state index contributed by atoms with van der Waals surface area (Å²) in [6.07, 6.45) is 5.35. The van der Waals surface area contributed by atoms with E-state index in [1.54, 1.807) is 17.1 Å². The van der Waals surface area contributed by atoms with Gasteiger partial charge in [-0.15, -0.1) is 0 Å². The van der Waals surface area contributed by atoms with Crippen molar-refractivity contribution < 1.29 is 0 Å². The molecule has 2 N–H and O–H groups in total. The standard InChI is InChI=1S/C14H20N6/c1-3-19(4-2)14(15)17-11-12-6-8-16-13(10-12)20-9-5-7-18-20/h5-10H,3-4,11H2,1-2H3,(H2,15,17). The minimum Gasteiger partial charge on any atom is -0.370 e. The molecule has 0 amide bonds. The molecule has 0 fully saturated rings. The third kappa shape index (κ3) is 3.34. The molecule has 0 aliphatic heterocycles. The van der Waals surface area contributed by atoms with E-state index < -0.39 is 0 Å². The molecular weight excluding hydrogens is 252 g/mol. The Hall–Kier alpha value is -2.37. The third-order valence-electron chi connectivity index (χ3n) is 3.06. The summed E-state index contributed by atoms with van der Waals surface area (Å²) in [6, 6.07) is 5.77. The summed E-state index contributed by atoms with van der Waals surface area (Å²) in [5.41, 5.74) is 7.02. The number of rotatable bonds is 5. The Bertz CT molecular complexity index is 557. The van der Waals surface area contributed by atoms with E-state index in [1.807, 2.05) is 29.3 Å². The number of guanidine groups is 1. The van der Waals surface area contributed by atoms with E-state index in [4.69, 9.17) is 5.73 Å². The van der Waals surface area contributed by atoms with Crippen molar-refractivity contribution in [3.63, 3.8) is 0 Å². The van der Waals surface area contributed by atoms with Gasteiger partial charge in [0.15, 0.2) is 11.8 Å². The van der Waals surface area contributed by atoms with Crippen molar-refractivity contribution in [3.8, 4) is 5.82 Å². The number of aliphatic imine (C=N–C) groups is 1. The Kier molecular flexibility index (Phi) is 4.70. The van der Waals surface area contributed by atoms with Crippen molar-refractivity contribution >= 4 is 5.96 Å². The average molecular weight is 272 g/mol. The fourth-order valence-electron chi connectivity index (χ4n) is 1.91. The molecule has 2 heterocycles. The lowest BCUT2D eigenvalue weighted by Gasteiger charge is -2.19. The first-order chi connectivity index (χ1) is 9.74. The second-order valence-electron chi connectivity index (χ2n) is 4.32. The number of nitrogens with two attached hydrogens (primary N) is 1. The molecule has 6 nitrogen and oxygen atoms in total. The van der Waals surface area contributed by atoms with Gasteiger partial charge in [-0.3, -0.25) is 0 Å². The van der Waals surface area contributed by atoms with Crippen molar-refractivity contribution in [3.05, 3.63) is 42.4 Å². The molecule has 0 atom stereocenters. The Balaban J connectivity index is 2.11. The summed E-state index contributed by atoms with van der Waals surface area (Å²) in [5.74, 6) is 1.36. The highest BCUT2D eigenvalue weighted by Crippen LogP contribution is 2.07. The van der Waals surface area contributed by atoms with Crippen molar-refractivity contribution in [1.82, 2.24) is 19.7 Å². The fraction of sp³-hybridized carbons (Fsp3) is 0.357. The van der Waals surface area contributed by atoms with Gasteiger partial charge in [0.2, 0.25) is 0 Å². The minimum absolute atomic E-state index is 0.541. The lowest BCUT2D eigenvalue weighted by atomic mass is 10.2. The van der Waals surface area contributed by atoms with E-state index >= 15 is 0 Å². The van der Waals surface area contributed by atoms with Crippen LogP contribution in [0.1, 0.15) is 19.4 Å². The Morgan fingerprint density at radius 1 is 1.35 bits per heavy atom. The maximum absolute atomic E-state index is 5.96. The second-order valence-corrected chi connectivity index (χ2v) is 4.32. The molecule has 0 spiro atoms. The van der Waals surface area contributed by atoms with E-state index in [2.05, 4.69) is 28.9 Å². The van der Waals surface area contributed by atoms with Gasteiger partial charge in [-0.05, 0) is 37.6 Å². The number of hydrogen-bond donors (Lipinski definition) is 1. The molecule has 0 radical (unpaired) electrons. The molecule has 20 heavy (non-hydrogen) atoms. The van der Waals surface area contributed by atoms with Gasteiger partial charge in [-0.1, -0.05) is 0 Å². The quantitative estimate of drug-likeness (QED) is 0.660. The van der Waals surface area contributed by atoms with Crippen LogP contribution in [0, 0.1) is 0 Å². The van der Waals surface area contributed by atoms with Gasteiger partial charge < -0.3 is 10.6 Å². The van der Waals surface area contributed by atoms with Crippen LogP contribution in [0.25, 0.3) is 5.82 Å². The van der Waals surface area contributed by atoms with Crippen LogP contribution in [0.3, 0.4) is 0 Å². The van der Waals surface area contributed by atoms with Crippen molar-refractivity contribution in [2.75, 3.05) is 13.1 Å². The van der Waals surface area contributed by atoms with Gasteiger partial charge in [0, 0.05) is 31.7 Å². The molecule has 0 saturated heterocycles. The van der Waals surface area contributed by atoms with E-state index in [0.29, 0.717) is 12.5 Å². The highest BCUT2D eigenvalue weighted by atomic mass is 15.3. The second kappa shape index (κ2) is 6.70. The van der Waals surface area contributed by atoms with Crippen LogP contribution in [0.15, 0.2) is 41.8 Å². The predicted molar refractivity (Wildman–Crippen MR) is 79.6 cm³/mol. The Morgan fingerprint density at radius 2 is 2.15 bits per heavy atom. The van der Waals surface area contributed by atoms with Crippen LogP contribution in [-0.2, 0) is 6.54 Å². The van der Waals surface area contributed by atoms with Crippen molar-refractivity contribution in [2.24, 2.45) is 10.7 Å². The van der Waals surface area contributed by atoms with Gasteiger partial charge >= 0.3 is 0 Å². The highest BCUT2D eigenvalue weighted by Gasteiger charge is 2.03. The molecule has 2 aromatic heterocycles. The van der Waals surface area contributed by atoms with Gasteiger partial charge in [-0.2, -0.15) is 5.10 Å². The summed E-state index contributed by atoms with van der Waals surface area (Å²) in [7, 11) is 0. The third-order valence-corrected chi connectivity index (χ3v) is 3.06. The Labute approximate surface area is 119 Å². The maximum Gasteiger partial charge on any atom is 0.191 e. The van der Waals surface area contributed by atoms with Gasteiger partial charge in [0.05, 0.1) is 6.54 Å². The normalized spacial score (nSPS) is 11.6. The molecule has 2 aromatic rings. The zero-order valence-electron chi connectivity index (χ0n) is 11.9. The van der Waals surface area contributed by atoms with Crippen LogP contribution in [0.2, 0.25) is 0 Å². The zero-order valence-corrected chi connectivity index (χ0v) is 11.9. The first-order valence-electron chi connectivity index (χ1n) is 6.74. The van der Waals surface area contributed by atoms with E-state index in [1.165, 1.54) is 0 Å². The lowest BCUT2D eigenvalue weighted by molar-refractivity contribution is 0.458. The number of nitrogens with zero attached hydrogens (tertiary/aromatic N) is 5. The smallest absolute Gasteiger partial charge is 0.191 e. The molecule has 0 saturated carbocycles. The molecule has 0 aliphatic rings. The number of hydrogen-bond acceptors (Lipinski definition) is 3. The van der Waals surface area contributed by atoms with E-state index in [0.717, 1.165) is 24.5 Å². The summed E-state index contributed by atoms with van der Waals surface area (Å²) in [4.78, 5) is 10.7. The van der Waals surface area contributed by atoms with Gasteiger partial charge in [0.1, 0.15) is 0 Å². The average Bonchev–Trinajstić information content (AvgIpc) is 3.01. The molecule has 0 aliphatic carbocycles. The molecule has 6 heteroatoms. The molecule has 0 aromatic carbocycles. The monoisotopic (exact) mass is 272 g/mol. The lowest BCUT2D eigenvalue weighted by Crippen LogP contribution is -2.37. The molecule has 0 bridgehead atoms. The first-order valence-corrected chi connectivity index (χ1v) is 6.74. The zero-order chi connectivity index (χ0) is 14.4. The first kappa shape index (κ1) is 14.0.